The van der Waals surface area contributed by atoms with E-state index in [1.54, 1.807) is 7.11 Å². The minimum absolute atomic E-state index is 0.0306. The average molecular weight is 302 g/mol. The first-order valence-corrected chi connectivity index (χ1v) is 8.15. The molecule has 1 aromatic rings. The largest absolute Gasteiger partial charge is 0.496 e. The number of nitrogens with zero attached hydrogens (tertiary/aromatic N) is 1. The first-order valence-electron chi connectivity index (χ1n) is 8.15. The van der Waals surface area contributed by atoms with E-state index in [1.807, 2.05) is 31.0 Å². The van der Waals surface area contributed by atoms with Gasteiger partial charge in [-0.25, -0.2) is 0 Å². The summed E-state index contributed by atoms with van der Waals surface area (Å²) < 4.78 is 5.28. The van der Waals surface area contributed by atoms with E-state index in [2.05, 4.69) is 6.07 Å². The molecule has 0 aliphatic heterocycles. The molecule has 4 heteroatoms. The zero-order chi connectivity index (χ0) is 15.9. The van der Waals surface area contributed by atoms with Crippen molar-refractivity contribution in [3.63, 3.8) is 0 Å². The molecule has 0 spiro atoms. The highest BCUT2D eigenvalue weighted by molar-refractivity contribution is 5.80. The first kappa shape index (κ1) is 15.3. The summed E-state index contributed by atoms with van der Waals surface area (Å²) in [5, 5.41) is 0. The van der Waals surface area contributed by atoms with E-state index in [-0.39, 0.29) is 17.9 Å². The molecule has 2 aliphatic rings. The fourth-order valence-electron chi connectivity index (χ4n) is 4.35. The molecular weight excluding hydrogens is 276 g/mol. The molecule has 0 heterocycles. The predicted molar refractivity (Wildman–Crippen MR) is 86.5 cm³/mol. The normalized spacial score (nSPS) is 29.6. The summed E-state index contributed by atoms with van der Waals surface area (Å²) in [5.74, 6) is 2.20. The third-order valence-electron chi connectivity index (χ3n) is 5.52. The Morgan fingerprint density at radius 1 is 1.36 bits per heavy atom. The van der Waals surface area contributed by atoms with Gasteiger partial charge in [-0.2, -0.15) is 0 Å². The second-order valence-electron chi connectivity index (χ2n) is 6.93. The van der Waals surface area contributed by atoms with Gasteiger partial charge in [0.1, 0.15) is 5.75 Å². The lowest BCUT2D eigenvalue weighted by Crippen LogP contribution is -2.45. The van der Waals surface area contributed by atoms with Crippen molar-refractivity contribution in [1.29, 1.82) is 0 Å². The van der Waals surface area contributed by atoms with E-state index in [0.29, 0.717) is 18.4 Å². The number of hydrogen-bond acceptors (Lipinski definition) is 3. The number of amides is 1. The van der Waals surface area contributed by atoms with Crippen molar-refractivity contribution < 1.29 is 9.53 Å². The molecule has 2 aliphatic carbocycles. The SMILES string of the molecule is COc1ccc(CN(C)C(=O)C2C3CCC(C3)C2N)cc1C. The molecule has 22 heavy (non-hydrogen) atoms. The van der Waals surface area contributed by atoms with Crippen LogP contribution in [-0.2, 0) is 11.3 Å². The van der Waals surface area contributed by atoms with Gasteiger partial charge in [0, 0.05) is 19.6 Å². The summed E-state index contributed by atoms with van der Waals surface area (Å²) >= 11 is 0. The number of rotatable bonds is 4. The molecule has 120 valence electrons. The van der Waals surface area contributed by atoms with Crippen LogP contribution in [0.5, 0.6) is 5.75 Å². The highest BCUT2D eigenvalue weighted by atomic mass is 16.5. The monoisotopic (exact) mass is 302 g/mol. The highest BCUT2D eigenvalue weighted by Crippen LogP contribution is 2.48. The summed E-state index contributed by atoms with van der Waals surface area (Å²) in [6.07, 6.45) is 3.52. The maximum absolute atomic E-state index is 12.8. The molecule has 0 saturated heterocycles. The van der Waals surface area contributed by atoms with E-state index in [1.165, 1.54) is 12.8 Å². The maximum Gasteiger partial charge on any atom is 0.227 e. The smallest absolute Gasteiger partial charge is 0.227 e. The van der Waals surface area contributed by atoms with Gasteiger partial charge in [0.05, 0.1) is 13.0 Å². The lowest BCUT2D eigenvalue weighted by atomic mass is 9.84. The van der Waals surface area contributed by atoms with Crippen LogP contribution in [0.3, 0.4) is 0 Å². The molecule has 3 rings (SSSR count). The van der Waals surface area contributed by atoms with Crippen molar-refractivity contribution in [3.05, 3.63) is 29.3 Å². The number of benzene rings is 1. The van der Waals surface area contributed by atoms with Crippen molar-refractivity contribution in [2.24, 2.45) is 23.5 Å². The minimum Gasteiger partial charge on any atom is -0.496 e. The molecule has 1 amide bonds. The lowest BCUT2D eigenvalue weighted by molar-refractivity contribution is -0.137. The van der Waals surface area contributed by atoms with Crippen molar-refractivity contribution in [2.45, 2.75) is 38.8 Å². The highest BCUT2D eigenvalue weighted by Gasteiger charge is 2.49. The van der Waals surface area contributed by atoms with Gasteiger partial charge in [-0.15, -0.1) is 0 Å². The molecule has 1 aromatic carbocycles. The van der Waals surface area contributed by atoms with Crippen LogP contribution in [0.4, 0.5) is 0 Å². The molecule has 2 bridgehead atoms. The van der Waals surface area contributed by atoms with Crippen molar-refractivity contribution in [3.8, 4) is 5.75 Å². The number of nitrogens with two attached hydrogens (primary N) is 1. The van der Waals surface area contributed by atoms with E-state index in [0.717, 1.165) is 23.3 Å². The third kappa shape index (κ3) is 2.60. The number of carbonyl (C=O) groups excluding carboxylic acids is 1. The van der Waals surface area contributed by atoms with Crippen molar-refractivity contribution in [2.75, 3.05) is 14.2 Å². The predicted octanol–water partition coefficient (Wildman–Crippen LogP) is 2.34. The second-order valence-corrected chi connectivity index (χ2v) is 6.93. The Bertz CT molecular complexity index is 570. The Morgan fingerprint density at radius 3 is 2.68 bits per heavy atom. The number of hydrogen-bond donors (Lipinski definition) is 1. The summed E-state index contributed by atoms with van der Waals surface area (Å²) in [6.45, 7) is 2.65. The Morgan fingerprint density at radius 2 is 2.09 bits per heavy atom. The first-order chi connectivity index (χ1) is 10.5. The fourth-order valence-corrected chi connectivity index (χ4v) is 4.35. The average Bonchev–Trinajstić information content (AvgIpc) is 3.07. The molecule has 2 saturated carbocycles. The van der Waals surface area contributed by atoms with E-state index < -0.39 is 0 Å². The number of aryl methyl sites for hydroxylation is 1. The quantitative estimate of drug-likeness (QED) is 0.929. The van der Waals surface area contributed by atoms with Crippen LogP contribution in [-0.4, -0.2) is 31.0 Å². The van der Waals surface area contributed by atoms with E-state index in [9.17, 15) is 4.79 Å². The third-order valence-corrected chi connectivity index (χ3v) is 5.52. The molecule has 0 aromatic heterocycles. The number of fused-ring (bicyclic) bond motifs is 2. The topological polar surface area (TPSA) is 55.6 Å². The Balaban J connectivity index is 1.68. The standard InChI is InChI=1S/C18H26N2O2/c1-11-8-12(4-7-15(11)22-3)10-20(2)18(21)16-13-5-6-14(9-13)17(16)19/h4,7-8,13-14,16-17H,5-6,9-10,19H2,1-3H3. The van der Waals surface area contributed by atoms with Crippen LogP contribution in [0.15, 0.2) is 18.2 Å². The summed E-state index contributed by atoms with van der Waals surface area (Å²) in [6, 6.07) is 6.14. The van der Waals surface area contributed by atoms with Crippen LogP contribution < -0.4 is 10.5 Å². The zero-order valence-corrected chi connectivity index (χ0v) is 13.7. The maximum atomic E-state index is 12.8. The van der Waals surface area contributed by atoms with Gasteiger partial charge in [-0.3, -0.25) is 4.79 Å². The molecule has 0 radical (unpaired) electrons. The fraction of sp³-hybridized carbons (Fsp3) is 0.611. The molecule has 4 unspecified atom stereocenters. The number of ether oxygens (including phenoxy) is 1. The zero-order valence-electron chi connectivity index (χ0n) is 13.7. The van der Waals surface area contributed by atoms with Crippen LogP contribution in [0.2, 0.25) is 0 Å². The summed E-state index contributed by atoms with van der Waals surface area (Å²) in [7, 11) is 3.56. The van der Waals surface area contributed by atoms with Gasteiger partial charge in [0.15, 0.2) is 0 Å². The molecule has 4 nitrogen and oxygen atoms in total. The van der Waals surface area contributed by atoms with Gasteiger partial charge in [-0.1, -0.05) is 12.1 Å². The summed E-state index contributed by atoms with van der Waals surface area (Å²) in [5.41, 5.74) is 8.52. The molecule has 2 N–H and O–H groups in total. The van der Waals surface area contributed by atoms with Gasteiger partial charge >= 0.3 is 0 Å². The van der Waals surface area contributed by atoms with E-state index in [4.69, 9.17) is 10.5 Å². The summed E-state index contributed by atoms with van der Waals surface area (Å²) in [4.78, 5) is 14.6. The molecular formula is C18H26N2O2. The van der Waals surface area contributed by atoms with E-state index >= 15 is 0 Å². The van der Waals surface area contributed by atoms with Crippen LogP contribution >= 0.6 is 0 Å². The van der Waals surface area contributed by atoms with Crippen molar-refractivity contribution in [1.82, 2.24) is 4.90 Å². The van der Waals surface area contributed by atoms with Crippen LogP contribution in [0.1, 0.15) is 30.4 Å². The molecule has 4 atom stereocenters. The Labute approximate surface area is 132 Å². The molecule has 2 fully saturated rings. The minimum atomic E-state index is 0.0306. The lowest BCUT2D eigenvalue weighted by Gasteiger charge is -2.31. The number of carbonyl (C=O) groups is 1. The van der Waals surface area contributed by atoms with Crippen LogP contribution in [0.25, 0.3) is 0 Å². The second kappa shape index (κ2) is 5.92. The van der Waals surface area contributed by atoms with Gasteiger partial charge < -0.3 is 15.4 Å². The Kier molecular flexibility index (Phi) is 4.13. The van der Waals surface area contributed by atoms with Gasteiger partial charge in [0.25, 0.3) is 0 Å². The van der Waals surface area contributed by atoms with Gasteiger partial charge in [0.2, 0.25) is 5.91 Å². The van der Waals surface area contributed by atoms with Crippen molar-refractivity contribution >= 4 is 5.91 Å². The van der Waals surface area contributed by atoms with Crippen LogP contribution in [0, 0.1) is 24.7 Å². The number of methoxy groups -OCH3 is 1. The van der Waals surface area contributed by atoms with Gasteiger partial charge in [-0.05, 0) is 55.2 Å². The Hall–Kier alpha value is -1.55.